The van der Waals surface area contributed by atoms with E-state index in [1.54, 1.807) is 0 Å². The van der Waals surface area contributed by atoms with E-state index in [2.05, 4.69) is 0 Å². The standard InChI is InChI=1S/C27H32O14/c28-9-16-19(33)21(35)23(37)25(40-16)14-8-27(39,26-24(38)22(36)20(34)17(10-29)41-26)7-13(18(14)32)15(31)6-3-11-1-4-12(30)5-2-11/h1-8,16-17,19-26,28-30,33-39H,9-10H2. The van der Waals surface area contributed by atoms with Crippen LogP contribution >= 0.6 is 0 Å². The van der Waals surface area contributed by atoms with Gasteiger partial charge in [0.15, 0.2) is 11.6 Å². The summed E-state index contributed by atoms with van der Waals surface area (Å²) in [6, 6.07) is 5.65. The molecule has 0 bridgehead atoms. The molecule has 14 nitrogen and oxygen atoms in total. The Labute approximate surface area is 233 Å². The number of ether oxygens (including phenoxy) is 2. The summed E-state index contributed by atoms with van der Waals surface area (Å²) >= 11 is 0. The Morgan fingerprint density at radius 2 is 1.37 bits per heavy atom. The van der Waals surface area contributed by atoms with Crippen molar-refractivity contribution in [3.8, 4) is 5.75 Å². The van der Waals surface area contributed by atoms with E-state index in [0.29, 0.717) is 5.56 Å². The number of aromatic hydroxyl groups is 1. The van der Waals surface area contributed by atoms with Gasteiger partial charge in [-0.1, -0.05) is 18.2 Å². The Morgan fingerprint density at radius 3 is 1.95 bits per heavy atom. The van der Waals surface area contributed by atoms with Crippen molar-refractivity contribution in [2.24, 2.45) is 0 Å². The molecule has 224 valence electrons. The average Bonchev–Trinajstić information content (AvgIpc) is 2.95. The van der Waals surface area contributed by atoms with Gasteiger partial charge in [0.05, 0.1) is 18.8 Å². The van der Waals surface area contributed by atoms with Gasteiger partial charge in [-0.25, -0.2) is 0 Å². The number of aliphatic hydroxyl groups excluding tert-OH is 8. The van der Waals surface area contributed by atoms with Crippen molar-refractivity contribution in [2.45, 2.75) is 66.6 Å². The molecule has 2 heterocycles. The number of benzene rings is 1. The molecule has 11 atom stereocenters. The molecule has 0 amide bonds. The van der Waals surface area contributed by atoms with Crippen LogP contribution in [0, 0.1) is 0 Å². The number of phenolic OH excluding ortho intramolecular Hbond substituents is 1. The molecule has 1 aromatic rings. The van der Waals surface area contributed by atoms with Crippen LogP contribution in [0.4, 0.5) is 0 Å². The Morgan fingerprint density at radius 1 is 0.805 bits per heavy atom. The molecule has 2 saturated heterocycles. The third kappa shape index (κ3) is 5.90. The highest BCUT2D eigenvalue weighted by Crippen LogP contribution is 2.38. The molecule has 4 rings (SSSR count). The smallest absolute Gasteiger partial charge is 0.195 e. The quantitative estimate of drug-likeness (QED) is 0.108. The third-order valence-electron chi connectivity index (χ3n) is 7.40. The second-order valence-electron chi connectivity index (χ2n) is 10.2. The first kappa shape index (κ1) is 31.1. The summed E-state index contributed by atoms with van der Waals surface area (Å²) in [6.07, 6.45) is -14.2. The second kappa shape index (κ2) is 12.2. The van der Waals surface area contributed by atoms with Crippen molar-refractivity contribution in [3.05, 3.63) is 59.2 Å². The highest BCUT2D eigenvalue weighted by atomic mass is 16.6. The SMILES string of the molecule is O=C(C=Cc1ccc(O)cc1)C1=CC(O)(C2OC(CO)C(O)C(O)C2O)C=C(C2OC(CO)C(O)C(O)C2O)C1=O. The number of hydrogen-bond acceptors (Lipinski definition) is 14. The first-order valence-corrected chi connectivity index (χ1v) is 12.7. The molecular weight excluding hydrogens is 548 g/mol. The molecule has 10 N–H and O–H groups in total. The van der Waals surface area contributed by atoms with Crippen LogP contribution in [-0.2, 0) is 19.1 Å². The van der Waals surface area contributed by atoms with Gasteiger partial charge in [0.25, 0.3) is 0 Å². The number of allylic oxidation sites excluding steroid dienone is 2. The Kier molecular flexibility index (Phi) is 9.22. The molecule has 1 aromatic carbocycles. The van der Waals surface area contributed by atoms with E-state index in [-0.39, 0.29) is 5.75 Å². The predicted octanol–water partition coefficient (Wildman–Crippen LogP) is -4.17. The van der Waals surface area contributed by atoms with Crippen molar-refractivity contribution in [3.63, 3.8) is 0 Å². The van der Waals surface area contributed by atoms with Crippen molar-refractivity contribution in [1.82, 2.24) is 0 Å². The van der Waals surface area contributed by atoms with Crippen molar-refractivity contribution >= 4 is 17.6 Å². The largest absolute Gasteiger partial charge is 0.508 e. The van der Waals surface area contributed by atoms with Gasteiger partial charge in [0, 0.05) is 5.57 Å². The van der Waals surface area contributed by atoms with Crippen molar-refractivity contribution < 1.29 is 70.1 Å². The highest BCUT2D eigenvalue weighted by molar-refractivity contribution is 6.30. The van der Waals surface area contributed by atoms with Crippen molar-refractivity contribution in [1.29, 1.82) is 0 Å². The maximum atomic E-state index is 13.6. The summed E-state index contributed by atoms with van der Waals surface area (Å²) in [5, 5.41) is 103. The zero-order valence-corrected chi connectivity index (χ0v) is 21.4. The fourth-order valence-electron chi connectivity index (χ4n) is 5.06. The number of Topliss-reactive ketones (excluding diaryl/α,β-unsaturated/α-hetero) is 1. The Balaban J connectivity index is 1.79. The molecular formula is C27H32O14. The Hall–Kier alpha value is -2.86. The minimum Gasteiger partial charge on any atom is -0.508 e. The number of carbonyl (C=O) groups excluding carboxylic acids is 2. The number of ketones is 2. The second-order valence-corrected chi connectivity index (χ2v) is 10.2. The maximum absolute atomic E-state index is 13.6. The van der Waals surface area contributed by atoms with Gasteiger partial charge in [-0.05, 0) is 35.9 Å². The van der Waals surface area contributed by atoms with Gasteiger partial charge in [-0.2, -0.15) is 0 Å². The molecule has 2 aliphatic heterocycles. The summed E-state index contributed by atoms with van der Waals surface area (Å²) < 4.78 is 10.9. The molecule has 3 aliphatic rings. The Bertz CT molecular complexity index is 1220. The highest BCUT2D eigenvalue weighted by Gasteiger charge is 2.55. The zero-order valence-electron chi connectivity index (χ0n) is 21.4. The molecule has 0 radical (unpaired) electrons. The predicted molar refractivity (Wildman–Crippen MR) is 136 cm³/mol. The lowest BCUT2D eigenvalue weighted by atomic mass is 9.75. The molecule has 0 aromatic heterocycles. The molecule has 41 heavy (non-hydrogen) atoms. The van der Waals surface area contributed by atoms with Crippen LogP contribution in [0.3, 0.4) is 0 Å². The lowest BCUT2D eigenvalue weighted by Gasteiger charge is -2.47. The first-order valence-electron chi connectivity index (χ1n) is 12.7. The summed E-state index contributed by atoms with van der Waals surface area (Å²) in [6.45, 7) is -1.68. The lowest BCUT2D eigenvalue weighted by Crippen LogP contribution is -2.65. The van der Waals surface area contributed by atoms with E-state index in [9.17, 15) is 60.7 Å². The minimum absolute atomic E-state index is 0.0301. The molecule has 1 aliphatic carbocycles. The third-order valence-corrected chi connectivity index (χ3v) is 7.40. The first-order chi connectivity index (χ1) is 19.3. The van der Waals surface area contributed by atoms with Crippen LogP contribution in [0.2, 0.25) is 0 Å². The van der Waals surface area contributed by atoms with E-state index in [1.807, 2.05) is 0 Å². The molecule has 11 unspecified atom stereocenters. The zero-order chi connectivity index (χ0) is 30.2. The van der Waals surface area contributed by atoms with E-state index in [0.717, 1.165) is 18.2 Å². The van der Waals surface area contributed by atoms with Crippen LogP contribution in [-0.4, -0.2) is 142 Å². The lowest BCUT2D eigenvalue weighted by molar-refractivity contribution is -0.255. The fourth-order valence-corrected chi connectivity index (χ4v) is 5.06. The van der Waals surface area contributed by atoms with Gasteiger partial charge in [-0.15, -0.1) is 0 Å². The van der Waals surface area contributed by atoms with Crippen LogP contribution < -0.4 is 0 Å². The molecule has 14 heteroatoms. The van der Waals surface area contributed by atoms with E-state index >= 15 is 0 Å². The van der Waals surface area contributed by atoms with Crippen LogP contribution in [0.5, 0.6) is 5.75 Å². The molecule has 0 saturated carbocycles. The normalized spacial score (nSPS) is 39.9. The molecule has 0 spiro atoms. The van der Waals surface area contributed by atoms with Crippen molar-refractivity contribution in [2.75, 3.05) is 13.2 Å². The summed E-state index contributed by atoms with van der Waals surface area (Å²) in [4.78, 5) is 26.8. The number of hydrogen-bond donors (Lipinski definition) is 10. The number of aliphatic hydroxyl groups is 9. The van der Waals surface area contributed by atoms with Crippen LogP contribution in [0.25, 0.3) is 6.08 Å². The van der Waals surface area contributed by atoms with Gasteiger partial charge >= 0.3 is 0 Å². The van der Waals surface area contributed by atoms with E-state index in [1.165, 1.54) is 30.3 Å². The average molecular weight is 581 g/mol. The summed E-state index contributed by atoms with van der Waals surface area (Å²) in [5.41, 5.74) is -3.46. The van der Waals surface area contributed by atoms with Crippen LogP contribution in [0.15, 0.2) is 53.6 Å². The summed E-state index contributed by atoms with van der Waals surface area (Å²) in [5.74, 6) is -2.08. The topological polar surface area (TPSA) is 255 Å². The molecule has 2 fully saturated rings. The van der Waals surface area contributed by atoms with Gasteiger partial charge in [0.1, 0.15) is 72.4 Å². The number of carbonyl (C=O) groups is 2. The number of phenols is 1. The van der Waals surface area contributed by atoms with E-state index in [4.69, 9.17) is 9.47 Å². The fraction of sp³-hybridized carbons (Fsp3) is 0.481. The van der Waals surface area contributed by atoms with Gasteiger partial charge < -0.3 is 60.5 Å². The van der Waals surface area contributed by atoms with Gasteiger partial charge in [0.2, 0.25) is 0 Å². The maximum Gasteiger partial charge on any atom is 0.195 e. The van der Waals surface area contributed by atoms with E-state index < -0.39 is 103 Å². The van der Waals surface area contributed by atoms with Gasteiger partial charge in [-0.3, -0.25) is 9.59 Å². The minimum atomic E-state index is -2.60. The summed E-state index contributed by atoms with van der Waals surface area (Å²) in [7, 11) is 0. The monoisotopic (exact) mass is 580 g/mol. The number of rotatable bonds is 7. The van der Waals surface area contributed by atoms with Crippen LogP contribution in [0.1, 0.15) is 5.56 Å².